The first-order valence-corrected chi connectivity index (χ1v) is 9.21. The van der Waals surface area contributed by atoms with Gasteiger partial charge in [-0.05, 0) is 46.7 Å². The number of nitrogens with zero attached hydrogens (tertiary/aromatic N) is 1. The van der Waals surface area contributed by atoms with Crippen LogP contribution in [0.25, 0.3) is 16.8 Å². The molecule has 0 spiro atoms. The van der Waals surface area contributed by atoms with E-state index in [-0.39, 0.29) is 0 Å². The number of fused-ring (bicyclic) bond motifs is 5. The Labute approximate surface area is 153 Å². The fourth-order valence-corrected chi connectivity index (χ4v) is 4.11. The maximum Gasteiger partial charge on any atom is 0.0498 e. The van der Waals surface area contributed by atoms with Crippen LogP contribution in [0.15, 0.2) is 70.5 Å². The van der Waals surface area contributed by atoms with E-state index in [1.165, 1.54) is 40.3 Å². The average Bonchev–Trinajstić information content (AvgIpc) is 2.69. The number of halogens is 1. The summed E-state index contributed by atoms with van der Waals surface area (Å²) in [7, 11) is 0. The summed E-state index contributed by atoms with van der Waals surface area (Å²) in [5.74, 6) is 0.505. The molecule has 0 saturated carbocycles. The van der Waals surface area contributed by atoms with E-state index < -0.39 is 0 Å². The van der Waals surface area contributed by atoms with E-state index in [9.17, 15) is 0 Å². The van der Waals surface area contributed by atoms with Gasteiger partial charge in [-0.3, -0.25) is 4.99 Å². The highest BCUT2D eigenvalue weighted by Gasteiger charge is 2.26. The van der Waals surface area contributed by atoms with E-state index in [2.05, 4.69) is 58.9 Å². The molecule has 2 aromatic rings. The molecule has 2 aliphatic carbocycles. The average molecular weight is 349 g/mol. The zero-order chi connectivity index (χ0) is 17.1. The van der Waals surface area contributed by atoms with Crippen LogP contribution in [0.5, 0.6) is 0 Å². The summed E-state index contributed by atoms with van der Waals surface area (Å²) in [6.45, 7) is 0.872. The molecule has 5 rings (SSSR count). The molecular formula is C22H21ClN2. The predicted octanol–water partition coefficient (Wildman–Crippen LogP) is 5.76. The van der Waals surface area contributed by atoms with Crippen molar-refractivity contribution < 1.29 is 0 Å². The highest BCUT2D eigenvalue weighted by Crippen LogP contribution is 2.45. The van der Waals surface area contributed by atoms with Crippen molar-refractivity contribution in [1.29, 1.82) is 0 Å². The summed E-state index contributed by atoms with van der Waals surface area (Å²) in [6, 6.07) is 13.2. The monoisotopic (exact) mass is 348 g/mol. The van der Waals surface area contributed by atoms with Crippen molar-refractivity contribution in [1.82, 2.24) is 5.32 Å². The number of allylic oxidation sites excluding steroid dienone is 3. The van der Waals surface area contributed by atoms with E-state index in [4.69, 9.17) is 11.6 Å². The van der Waals surface area contributed by atoms with Crippen molar-refractivity contribution in [3.63, 3.8) is 0 Å². The van der Waals surface area contributed by atoms with Crippen LogP contribution in [0.1, 0.15) is 36.3 Å². The van der Waals surface area contributed by atoms with Gasteiger partial charge in [0.05, 0.1) is 0 Å². The summed E-state index contributed by atoms with van der Waals surface area (Å²) < 4.78 is 0. The Balaban J connectivity index is 0.000000223. The van der Waals surface area contributed by atoms with Crippen LogP contribution < -0.4 is 5.32 Å². The summed E-state index contributed by atoms with van der Waals surface area (Å²) in [5.41, 5.74) is 4.18. The highest BCUT2D eigenvalue weighted by molar-refractivity contribution is 6.30. The smallest absolute Gasteiger partial charge is 0.0498 e. The number of nitrogens with one attached hydrogen (secondary N) is 1. The molecule has 0 fully saturated rings. The van der Waals surface area contributed by atoms with Gasteiger partial charge >= 0.3 is 0 Å². The Bertz CT molecular complexity index is 893. The number of aliphatic imine (C=N–C) groups is 1. The van der Waals surface area contributed by atoms with Crippen LogP contribution in [0.4, 0.5) is 0 Å². The summed E-state index contributed by atoms with van der Waals surface area (Å²) in [5, 5.41) is 6.69. The molecule has 1 N–H and O–H groups in total. The lowest BCUT2D eigenvalue weighted by Crippen LogP contribution is -2.12. The lowest BCUT2D eigenvalue weighted by molar-refractivity contribution is 0.625. The number of hydrogen-bond acceptors (Lipinski definition) is 2. The first-order valence-electron chi connectivity index (χ1n) is 8.83. The zero-order valence-corrected chi connectivity index (χ0v) is 14.8. The molecule has 1 heterocycles. The molecule has 0 aromatic heterocycles. The maximum absolute atomic E-state index is 6.40. The summed E-state index contributed by atoms with van der Waals surface area (Å²) in [6.07, 6.45) is 13.3. The SMILES string of the molecule is C1=CNCC=N1.ClC1=C2C=Cc3c(ccc4ccccc34)C2CCC1. The van der Waals surface area contributed by atoms with Crippen molar-refractivity contribution in [2.45, 2.75) is 25.2 Å². The van der Waals surface area contributed by atoms with Gasteiger partial charge in [-0.25, -0.2) is 0 Å². The highest BCUT2D eigenvalue weighted by atomic mass is 35.5. The van der Waals surface area contributed by atoms with Gasteiger partial charge in [0.2, 0.25) is 0 Å². The maximum atomic E-state index is 6.40. The molecule has 1 aliphatic heterocycles. The fraction of sp³-hybridized carbons (Fsp3) is 0.227. The van der Waals surface area contributed by atoms with Crippen molar-refractivity contribution >= 4 is 34.7 Å². The van der Waals surface area contributed by atoms with Crippen LogP contribution >= 0.6 is 11.6 Å². The third-order valence-electron chi connectivity index (χ3n) is 4.98. The minimum atomic E-state index is 0.505. The molecule has 0 bridgehead atoms. The van der Waals surface area contributed by atoms with Crippen LogP contribution in [0, 0.1) is 0 Å². The molecular weight excluding hydrogens is 328 g/mol. The Morgan fingerprint density at radius 2 is 2.00 bits per heavy atom. The normalized spacial score (nSPS) is 20.4. The van der Waals surface area contributed by atoms with E-state index in [0.29, 0.717) is 5.92 Å². The van der Waals surface area contributed by atoms with Crippen molar-refractivity contribution in [2.24, 2.45) is 4.99 Å². The second-order valence-corrected chi connectivity index (χ2v) is 6.94. The van der Waals surface area contributed by atoms with E-state index in [1.807, 2.05) is 12.4 Å². The molecule has 1 unspecified atom stereocenters. The van der Waals surface area contributed by atoms with Crippen molar-refractivity contribution in [2.75, 3.05) is 6.54 Å². The zero-order valence-electron chi connectivity index (χ0n) is 14.1. The molecule has 1 atom stereocenters. The number of hydrogen-bond donors (Lipinski definition) is 1. The van der Waals surface area contributed by atoms with Gasteiger partial charge < -0.3 is 5.32 Å². The molecule has 0 saturated heterocycles. The van der Waals surface area contributed by atoms with Gasteiger partial charge in [-0.1, -0.05) is 60.2 Å². The third-order valence-corrected chi connectivity index (χ3v) is 5.39. The molecule has 126 valence electrons. The summed E-state index contributed by atoms with van der Waals surface area (Å²) >= 11 is 6.40. The largest absolute Gasteiger partial charge is 0.385 e. The Morgan fingerprint density at radius 3 is 2.76 bits per heavy atom. The first kappa shape index (κ1) is 16.2. The second-order valence-electron chi connectivity index (χ2n) is 6.48. The quantitative estimate of drug-likeness (QED) is 0.643. The van der Waals surface area contributed by atoms with Crippen LogP contribution in [0.2, 0.25) is 0 Å². The van der Waals surface area contributed by atoms with E-state index in [1.54, 1.807) is 6.20 Å². The Morgan fingerprint density at radius 1 is 1.08 bits per heavy atom. The molecule has 25 heavy (non-hydrogen) atoms. The van der Waals surface area contributed by atoms with Gasteiger partial charge in [-0.15, -0.1) is 0 Å². The van der Waals surface area contributed by atoms with Crippen LogP contribution in [-0.2, 0) is 0 Å². The molecule has 0 amide bonds. The molecule has 2 nitrogen and oxygen atoms in total. The van der Waals surface area contributed by atoms with Crippen LogP contribution in [0.3, 0.4) is 0 Å². The van der Waals surface area contributed by atoms with Gasteiger partial charge in [-0.2, -0.15) is 0 Å². The second kappa shape index (κ2) is 7.28. The Kier molecular flexibility index (Phi) is 4.71. The Hall–Kier alpha value is -2.32. The minimum Gasteiger partial charge on any atom is -0.385 e. The predicted molar refractivity (Wildman–Crippen MR) is 108 cm³/mol. The van der Waals surface area contributed by atoms with E-state index in [0.717, 1.165) is 18.0 Å². The topological polar surface area (TPSA) is 24.4 Å². The van der Waals surface area contributed by atoms with Gasteiger partial charge in [0, 0.05) is 36.1 Å². The number of rotatable bonds is 0. The lowest BCUT2D eigenvalue weighted by atomic mass is 9.76. The molecule has 2 aromatic carbocycles. The fourth-order valence-electron chi connectivity index (χ4n) is 3.79. The summed E-state index contributed by atoms with van der Waals surface area (Å²) in [4.78, 5) is 3.81. The lowest BCUT2D eigenvalue weighted by Gasteiger charge is -2.30. The van der Waals surface area contributed by atoms with E-state index >= 15 is 0 Å². The van der Waals surface area contributed by atoms with Crippen molar-refractivity contribution in [3.05, 3.63) is 76.6 Å². The van der Waals surface area contributed by atoms with Gasteiger partial charge in [0.15, 0.2) is 0 Å². The minimum absolute atomic E-state index is 0.505. The van der Waals surface area contributed by atoms with Crippen LogP contribution in [-0.4, -0.2) is 12.8 Å². The standard InChI is InChI=1S/C18H15Cl.C4H6N2/c19-18-7-3-6-14-16-9-8-12-4-1-2-5-13(12)15(16)10-11-17(14)18;1-2-6-4-3-5-1/h1-2,4-5,8-11,14H,3,6-7H2;1-3,6H,4H2. The number of benzene rings is 2. The van der Waals surface area contributed by atoms with Gasteiger partial charge in [0.25, 0.3) is 0 Å². The molecule has 3 heteroatoms. The molecule has 3 aliphatic rings. The van der Waals surface area contributed by atoms with Crippen molar-refractivity contribution in [3.8, 4) is 0 Å². The van der Waals surface area contributed by atoms with Gasteiger partial charge in [0.1, 0.15) is 0 Å². The molecule has 0 radical (unpaired) electrons. The first-order chi connectivity index (χ1) is 12.3. The third kappa shape index (κ3) is 3.27.